The molecule has 174 valence electrons. The Bertz CT molecular complexity index is 1320. The van der Waals surface area contributed by atoms with Crippen LogP contribution in [-0.4, -0.2) is 32.7 Å². The molecule has 8 nitrogen and oxygen atoms in total. The van der Waals surface area contributed by atoms with Gasteiger partial charge in [0.25, 0.3) is 5.91 Å². The van der Waals surface area contributed by atoms with Crippen LogP contribution in [-0.2, 0) is 10.2 Å². The summed E-state index contributed by atoms with van der Waals surface area (Å²) in [4.78, 5) is 12.3. The van der Waals surface area contributed by atoms with Crippen LogP contribution < -0.4 is 20.5 Å². The molecule has 0 bridgehead atoms. The summed E-state index contributed by atoms with van der Waals surface area (Å²) in [6.07, 6.45) is 0. The minimum absolute atomic E-state index is 0.0476. The molecule has 0 heterocycles. The average Bonchev–Trinajstić information content (AvgIpc) is 2.69. The Morgan fingerprint density at radius 1 is 1.09 bits per heavy atom. The minimum Gasteiger partial charge on any atom is -0.456 e. The fourth-order valence-electron chi connectivity index (χ4n) is 2.92. The summed E-state index contributed by atoms with van der Waals surface area (Å²) in [5, 5.41) is 3.05. The molecule has 3 aromatic rings. The lowest BCUT2D eigenvalue weighted by Gasteiger charge is -2.17. The predicted octanol–water partition coefficient (Wildman–Crippen LogP) is 4.59. The lowest BCUT2D eigenvalue weighted by molar-refractivity contribution is 0.0999. The lowest BCUT2D eigenvalue weighted by atomic mass is 10.1. The maximum absolute atomic E-state index is 14.5. The zero-order chi connectivity index (χ0) is 24.3. The molecular formula is C22H22FIN4O4S. The third kappa shape index (κ3) is 6.12. The number of hydrogen-bond donors (Lipinski definition) is 3. The highest BCUT2D eigenvalue weighted by Crippen LogP contribution is 2.35. The standard InChI is InChI=1S/C22H22FIN4O4S/c1-13-9-15(24)7-8-18(13)26-19-10-14(23)11-20(21(19)22(25)29)32-17-6-4-5-16(12-17)27-33(30,31)28(2)3/h4-12,26-27H,1-3H3,(H2,25,29). The van der Waals surface area contributed by atoms with E-state index >= 15 is 0 Å². The van der Waals surface area contributed by atoms with E-state index in [1.165, 1.54) is 26.2 Å². The number of halogens is 2. The number of hydrogen-bond acceptors (Lipinski definition) is 5. The third-order valence-corrected chi connectivity index (χ3v) is 6.69. The van der Waals surface area contributed by atoms with Crippen molar-refractivity contribution < 1.29 is 22.3 Å². The molecule has 0 unspecified atom stereocenters. The van der Waals surface area contributed by atoms with Crippen molar-refractivity contribution >= 4 is 55.8 Å². The van der Waals surface area contributed by atoms with Gasteiger partial charge in [-0.25, -0.2) is 4.39 Å². The first-order valence-corrected chi connectivity index (χ1v) is 12.1. The smallest absolute Gasteiger partial charge is 0.301 e. The van der Waals surface area contributed by atoms with E-state index in [1.807, 2.05) is 25.1 Å². The Labute approximate surface area is 205 Å². The molecule has 0 spiro atoms. The number of benzene rings is 3. The molecule has 3 aromatic carbocycles. The Balaban J connectivity index is 1.99. The molecule has 0 radical (unpaired) electrons. The highest BCUT2D eigenvalue weighted by atomic mass is 127. The van der Waals surface area contributed by atoms with Crippen LogP contribution in [0.5, 0.6) is 11.5 Å². The van der Waals surface area contributed by atoms with Gasteiger partial charge in [0.2, 0.25) is 0 Å². The zero-order valence-electron chi connectivity index (χ0n) is 18.0. The maximum atomic E-state index is 14.5. The number of carbonyl (C=O) groups excluding carboxylic acids is 1. The van der Waals surface area contributed by atoms with Gasteiger partial charge in [0, 0.05) is 35.5 Å². The molecule has 0 aromatic heterocycles. The molecule has 0 saturated heterocycles. The van der Waals surface area contributed by atoms with E-state index in [4.69, 9.17) is 10.5 Å². The summed E-state index contributed by atoms with van der Waals surface area (Å²) in [5.74, 6) is -1.40. The van der Waals surface area contributed by atoms with Gasteiger partial charge in [-0.2, -0.15) is 12.7 Å². The number of ether oxygens (including phenoxy) is 1. The molecule has 0 aliphatic carbocycles. The number of nitrogens with one attached hydrogen (secondary N) is 2. The first kappa shape index (κ1) is 24.7. The van der Waals surface area contributed by atoms with Crippen molar-refractivity contribution in [3.05, 3.63) is 75.1 Å². The molecule has 0 aliphatic rings. The van der Waals surface area contributed by atoms with Crippen LogP contribution in [0.15, 0.2) is 54.6 Å². The van der Waals surface area contributed by atoms with E-state index in [0.717, 1.165) is 25.6 Å². The molecule has 1 amide bonds. The van der Waals surface area contributed by atoms with Crippen LogP contribution in [0, 0.1) is 16.3 Å². The second-order valence-corrected chi connectivity index (χ2v) is 10.4. The van der Waals surface area contributed by atoms with Crippen LogP contribution in [0.2, 0.25) is 0 Å². The summed E-state index contributed by atoms with van der Waals surface area (Å²) in [6.45, 7) is 1.88. The van der Waals surface area contributed by atoms with Crippen LogP contribution in [0.1, 0.15) is 15.9 Å². The normalized spacial score (nSPS) is 11.3. The van der Waals surface area contributed by atoms with Gasteiger partial charge in [-0.05, 0) is 71.5 Å². The summed E-state index contributed by atoms with van der Waals surface area (Å²) in [7, 11) is -0.960. The highest BCUT2D eigenvalue weighted by molar-refractivity contribution is 14.1. The first-order valence-electron chi connectivity index (χ1n) is 9.61. The zero-order valence-corrected chi connectivity index (χ0v) is 21.0. The number of nitrogens with zero attached hydrogens (tertiary/aromatic N) is 1. The first-order chi connectivity index (χ1) is 15.5. The van der Waals surface area contributed by atoms with Gasteiger partial charge in [0.05, 0.1) is 11.4 Å². The molecule has 0 atom stereocenters. The Morgan fingerprint density at radius 3 is 2.45 bits per heavy atom. The van der Waals surface area contributed by atoms with Crippen LogP contribution in [0.4, 0.5) is 21.5 Å². The van der Waals surface area contributed by atoms with Crippen molar-refractivity contribution in [1.29, 1.82) is 0 Å². The Morgan fingerprint density at radius 2 is 1.82 bits per heavy atom. The largest absolute Gasteiger partial charge is 0.456 e. The Hall–Kier alpha value is -2.90. The number of carbonyl (C=O) groups is 1. The van der Waals surface area contributed by atoms with Gasteiger partial charge < -0.3 is 15.8 Å². The number of primary amides is 1. The van der Waals surface area contributed by atoms with Crippen molar-refractivity contribution in [3.8, 4) is 11.5 Å². The predicted molar refractivity (Wildman–Crippen MR) is 135 cm³/mol. The monoisotopic (exact) mass is 584 g/mol. The maximum Gasteiger partial charge on any atom is 0.301 e. The second kappa shape index (κ2) is 9.93. The van der Waals surface area contributed by atoms with Gasteiger partial charge in [0.15, 0.2) is 0 Å². The quantitative estimate of drug-likeness (QED) is 0.336. The minimum atomic E-state index is -3.73. The molecule has 0 aliphatic heterocycles. The topological polar surface area (TPSA) is 114 Å². The summed E-state index contributed by atoms with van der Waals surface area (Å²) >= 11 is 2.18. The number of amides is 1. The second-order valence-electron chi connectivity index (χ2n) is 7.29. The average molecular weight is 584 g/mol. The van der Waals surface area contributed by atoms with E-state index in [0.29, 0.717) is 5.69 Å². The molecule has 3 rings (SSSR count). The molecule has 0 fully saturated rings. The van der Waals surface area contributed by atoms with Gasteiger partial charge in [-0.1, -0.05) is 6.07 Å². The summed E-state index contributed by atoms with van der Waals surface area (Å²) in [6, 6.07) is 13.9. The fraction of sp³-hybridized carbons (Fsp3) is 0.136. The number of aryl methyl sites for hydroxylation is 1. The van der Waals surface area contributed by atoms with E-state index in [9.17, 15) is 17.6 Å². The molecule has 11 heteroatoms. The third-order valence-electron chi connectivity index (χ3n) is 4.56. The molecular weight excluding hydrogens is 562 g/mol. The van der Waals surface area contributed by atoms with Gasteiger partial charge in [-0.3, -0.25) is 9.52 Å². The van der Waals surface area contributed by atoms with E-state index in [1.54, 1.807) is 12.1 Å². The number of anilines is 3. The van der Waals surface area contributed by atoms with Crippen molar-refractivity contribution in [2.45, 2.75) is 6.92 Å². The van der Waals surface area contributed by atoms with E-state index < -0.39 is 21.9 Å². The van der Waals surface area contributed by atoms with Crippen LogP contribution >= 0.6 is 22.6 Å². The summed E-state index contributed by atoms with van der Waals surface area (Å²) in [5.41, 5.74) is 7.50. The lowest BCUT2D eigenvalue weighted by Crippen LogP contribution is -2.28. The summed E-state index contributed by atoms with van der Waals surface area (Å²) < 4.78 is 48.8. The SMILES string of the molecule is Cc1cc(I)ccc1Nc1cc(F)cc(Oc2cccc(NS(=O)(=O)N(C)C)c2)c1C(N)=O. The molecule has 4 N–H and O–H groups in total. The Kier molecular flexibility index (Phi) is 7.44. The van der Waals surface area contributed by atoms with Crippen molar-refractivity contribution in [1.82, 2.24) is 4.31 Å². The van der Waals surface area contributed by atoms with Gasteiger partial charge in [-0.15, -0.1) is 0 Å². The van der Waals surface area contributed by atoms with Crippen molar-refractivity contribution in [2.24, 2.45) is 5.73 Å². The molecule has 0 saturated carbocycles. The number of nitrogens with two attached hydrogens (primary N) is 1. The fourth-order valence-corrected chi connectivity index (χ4v) is 4.17. The molecule has 33 heavy (non-hydrogen) atoms. The van der Waals surface area contributed by atoms with Crippen LogP contribution in [0.3, 0.4) is 0 Å². The van der Waals surface area contributed by atoms with Crippen LogP contribution in [0.25, 0.3) is 0 Å². The van der Waals surface area contributed by atoms with E-state index in [2.05, 4.69) is 32.6 Å². The highest BCUT2D eigenvalue weighted by Gasteiger charge is 2.20. The van der Waals surface area contributed by atoms with Gasteiger partial charge in [0.1, 0.15) is 22.9 Å². The van der Waals surface area contributed by atoms with Gasteiger partial charge >= 0.3 is 10.2 Å². The van der Waals surface area contributed by atoms with Crippen molar-refractivity contribution in [3.63, 3.8) is 0 Å². The van der Waals surface area contributed by atoms with E-state index in [-0.39, 0.29) is 28.4 Å². The van der Waals surface area contributed by atoms with Crippen molar-refractivity contribution in [2.75, 3.05) is 24.1 Å². The number of rotatable bonds is 8.